The highest BCUT2D eigenvalue weighted by atomic mass is 16.6. The molecular formula is C21H26N4O2. The average molecular weight is 366 g/mol. The summed E-state index contributed by atoms with van der Waals surface area (Å²) in [5, 5.41) is 3.26. The van der Waals surface area contributed by atoms with Gasteiger partial charge < -0.3 is 10.1 Å². The summed E-state index contributed by atoms with van der Waals surface area (Å²) >= 11 is 0. The van der Waals surface area contributed by atoms with E-state index in [0.717, 1.165) is 0 Å². The summed E-state index contributed by atoms with van der Waals surface area (Å²) in [5.74, 6) is 1.37. The van der Waals surface area contributed by atoms with Crippen LogP contribution in [-0.2, 0) is 16.7 Å². The maximum atomic E-state index is 12.1. The Labute approximate surface area is 160 Å². The molecule has 1 aliphatic carbocycles. The summed E-state index contributed by atoms with van der Waals surface area (Å²) in [7, 11) is 0. The predicted molar refractivity (Wildman–Crippen MR) is 105 cm³/mol. The first-order valence-corrected chi connectivity index (χ1v) is 9.59. The minimum atomic E-state index is -0.345. The molecule has 1 aliphatic heterocycles. The Bertz CT molecular complexity index is 830. The molecule has 6 nitrogen and oxygen atoms in total. The largest absolute Gasteiger partial charge is 0.447 e. The van der Waals surface area contributed by atoms with Crippen molar-refractivity contribution in [2.45, 2.75) is 51.6 Å². The van der Waals surface area contributed by atoms with Gasteiger partial charge in [-0.2, -0.15) is 4.98 Å². The number of aromatic nitrogens is 2. The number of amides is 1. The van der Waals surface area contributed by atoms with E-state index < -0.39 is 0 Å². The molecule has 1 amide bonds. The summed E-state index contributed by atoms with van der Waals surface area (Å²) in [4.78, 5) is 22.6. The quantitative estimate of drug-likeness (QED) is 0.833. The summed E-state index contributed by atoms with van der Waals surface area (Å²) in [6, 6.07) is 10.5. The van der Waals surface area contributed by atoms with Crippen LogP contribution < -0.4 is 10.2 Å². The van der Waals surface area contributed by atoms with Gasteiger partial charge in [-0.15, -0.1) is 0 Å². The molecule has 1 aromatic heterocycles. The molecule has 2 aromatic rings. The zero-order chi connectivity index (χ0) is 19.0. The molecule has 27 heavy (non-hydrogen) atoms. The van der Waals surface area contributed by atoms with E-state index in [4.69, 9.17) is 4.74 Å². The van der Waals surface area contributed by atoms with Crippen LogP contribution in [0.2, 0.25) is 0 Å². The number of nitrogens with zero attached hydrogens (tertiary/aromatic N) is 3. The third-order valence-electron chi connectivity index (χ3n) is 5.66. The van der Waals surface area contributed by atoms with Gasteiger partial charge in [-0.1, -0.05) is 45.0 Å². The lowest BCUT2D eigenvalue weighted by Crippen LogP contribution is -2.37. The Kier molecular flexibility index (Phi) is 4.50. The van der Waals surface area contributed by atoms with Crippen LogP contribution in [0, 0.1) is 5.92 Å². The first-order valence-electron chi connectivity index (χ1n) is 9.59. The SMILES string of the molecule is CC(C)C1COC(=O)N1c1ccnc(NCc2ccc(C3(C)CC3)cc2)n1. The number of hydrogen-bond donors (Lipinski definition) is 1. The van der Waals surface area contributed by atoms with Crippen molar-refractivity contribution in [3.8, 4) is 0 Å². The van der Waals surface area contributed by atoms with Crippen LogP contribution in [0.1, 0.15) is 44.7 Å². The highest BCUT2D eigenvalue weighted by Gasteiger charge is 2.39. The van der Waals surface area contributed by atoms with Crippen molar-refractivity contribution in [1.82, 2.24) is 9.97 Å². The molecule has 6 heteroatoms. The summed E-state index contributed by atoms with van der Waals surface area (Å²) < 4.78 is 5.21. The minimum absolute atomic E-state index is 0.00316. The van der Waals surface area contributed by atoms with E-state index in [1.807, 2.05) is 0 Å². The number of hydrogen-bond acceptors (Lipinski definition) is 5. The van der Waals surface area contributed by atoms with Gasteiger partial charge in [0, 0.05) is 12.7 Å². The molecular weight excluding hydrogens is 340 g/mol. The highest BCUT2D eigenvalue weighted by Crippen LogP contribution is 2.47. The first kappa shape index (κ1) is 17.8. The molecule has 4 rings (SSSR count). The van der Waals surface area contributed by atoms with Crippen LogP contribution in [0.25, 0.3) is 0 Å². The van der Waals surface area contributed by atoms with E-state index in [1.165, 1.54) is 24.0 Å². The van der Waals surface area contributed by atoms with Gasteiger partial charge in [0.05, 0.1) is 6.04 Å². The number of nitrogens with one attached hydrogen (secondary N) is 1. The first-order chi connectivity index (χ1) is 13.0. The third kappa shape index (κ3) is 3.61. The zero-order valence-corrected chi connectivity index (χ0v) is 16.1. The van der Waals surface area contributed by atoms with E-state index >= 15 is 0 Å². The Hall–Kier alpha value is -2.63. The molecule has 2 fully saturated rings. The second kappa shape index (κ2) is 6.83. The van der Waals surface area contributed by atoms with Crippen molar-refractivity contribution in [2.75, 3.05) is 16.8 Å². The van der Waals surface area contributed by atoms with Gasteiger partial charge in [-0.3, -0.25) is 4.90 Å². The van der Waals surface area contributed by atoms with E-state index in [-0.39, 0.29) is 18.1 Å². The van der Waals surface area contributed by atoms with Crippen LogP contribution in [0.4, 0.5) is 16.6 Å². The number of rotatable bonds is 6. The van der Waals surface area contributed by atoms with Crippen LogP contribution in [0.5, 0.6) is 0 Å². The van der Waals surface area contributed by atoms with Gasteiger partial charge >= 0.3 is 6.09 Å². The maximum absolute atomic E-state index is 12.1. The molecule has 2 aliphatic rings. The van der Waals surface area contributed by atoms with E-state index in [9.17, 15) is 4.79 Å². The molecule has 1 atom stereocenters. The Morgan fingerprint density at radius 2 is 2.00 bits per heavy atom. The van der Waals surface area contributed by atoms with Gasteiger partial charge in [0.25, 0.3) is 0 Å². The van der Waals surface area contributed by atoms with E-state index in [1.54, 1.807) is 17.2 Å². The summed E-state index contributed by atoms with van der Waals surface area (Å²) in [6.45, 7) is 7.50. The summed E-state index contributed by atoms with van der Waals surface area (Å²) in [5.41, 5.74) is 2.98. The van der Waals surface area contributed by atoms with Gasteiger partial charge in [0.1, 0.15) is 12.4 Å². The molecule has 0 spiro atoms. The molecule has 142 valence electrons. The predicted octanol–water partition coefficient (Wildman–Crippen LogP) is 4.12. The topological polar surface area (TPSA) is 67.3 Å². The van der Waals surface area contributed by atoms with Crippen molar-refractivity contribution in [3.05, 3.63) is 47.7 Å². The molecule has 2 heterocycles. The van der Waals surface area contributed by atoms with Crippen LogP contribution in [0.15, 0.2) is 36.5 Å². The van der Waals surface area contributed by atoms with Gasteiger partial charge in [0.2, 0.25) is 5.95 Å². The fourth-order valence-electron chi connectivity index (χ4n) is 3.44. The van der Waals surface area contributed by atoms with Gasteiger partial charge in [-0.25, -0.2) is 9.78 Å². The lowest BCUT2D eigenvalue weighted by Gasteiger charge is -2.23. The molecule has 1 aromatic carbocycles. The smallest absolute Gasteiger partial charge is 0.415 e. The van der Waals surface area contributed by atoms with Gasteiger partial charge in [-0.05, 0) is 41.4 Å². The number of cyclic esters (lactones) is 1. The number of carbonyl (C=O) groups excluding carboxylic acids is 1. The fraction of sp³-hybridized carbons (Fsp3) is 0.476. The minimum Gasteiger partial charge on any atom is -0.447 e. The molecule has 0 bridgehead atoms. The second-order valence-electron chi connectivity index (χ2n) is 8.11. The van der Waals surface area contributed by atoms with E-state index in [2.05, 4.69) is 60.3 Å². The average Bonchev–Trinajstić information content (AvgIpc) is 3.30. The number of anilines is 2. The Morgan fingerprint density at radius 1 is 1.26 bits per heavy atom. The molecule has 1 saturated heterocycles. The fourth-order valence-corrected chi connectivity index (χ4v) is 3.44. The number of benzene rings is 1. The van der Waals surface area contributed by atoms with Crippen molar-refractivity contribution in [1.29, 1.82) is 0 Å². The van der Waals surface area contributed by atoms with Crippen molar-refractivity contribution < 1.29 is 9.53 Å². The maximum Gasteiger partial charge on any atom is 0.415 e. The lowest BCUT2D eigenvalue weighted by molar-refractivity contribution is 0.177. The highest BCUT2D eigenvalue weighted by molar-refractivity contribution is 5.89. The second-order valence-corrected chi connectivity index (χ2v) is 8.11. The van der Waals surface area contributed by atoms with Crippen molar-refractivity contribution in [2.24, 2.45) is 5.92 Å². The van der Waals surface area contributed by atoms with Crippen molar-refractivity contribution >= 4 is 17.9 Å². The third-order valence-corrected chi connectivity index (χ3v) is 5.66. The zero-order valence-electron chi connectivity index (χ0n) is 16.1. The van der Waals surface area contributed by atoms with Crippen molar-refractivity contribution in [3.63, 3.8) is 0 Å². The van der Waals surface area contributed by atoms with Crippen LogP contribution in [-0.4, -0.2) is 28.7 Å². The monoisotopic (exact) mass is 366 g/mol. The Morgan fingerprint density at radius 3 is 2.67 bits per heavy atom. The van der Waals surface area contributed by atoms with Crippen LogP contribution >= 0.6 is 0 Å². The molecule has 1 unspecified atom stereocenters. The van der Waals surface area contributed by atoms with Gasteiger partial charge in [0.15, 0.2) is 0 Å². The number of ether oxygens (including phenoxy) is 1. The normalized spacial score (nSPS) is 20.7. The molecule has 0 radical (unpaired) electrons. The van der Waals surface area contributed by atoms with E-state index in [0.29, 0.717) is 30.3 Å². The summed E-state index contributed by atoms with van der Waals surface area (Å²) in [6.07, 6.45) is 3.89. The van der Waals surface area contributed by atoms with Crippen LogP contribution in [0.3, 0.4) is 0 Å². The lowest BCUT2D eigenvalue weighted by atomic mass is 9.97. The number of carbonyl (C=O) groups is 1. The molecule has 1 N–H and O–H groups in total. The standard InChI is InChI=1S/C21H26N4O2/c1-14(2)17-13-27-20(26)25(17)18-8-11-22-19(24-18)23-12-15-4-6-16(7-5-15)21(3)9-10-21/h4-8,11,14,17H,9-10,12-13H2,1-3H3,(H,22,23,24). The molecule has 1 saturated carbocycles. The Balaban J connectivity index is 1.44.